The number of amides is 1. The van der Waals surface area contributed by atoms with Crippen LogP contribution in [0.4, 0.5) is 4.39 Å². The molecule has 0 aliphatic carbocycles. The molecule has 1 spiro atoms. The summed E-state index contributed by atoms with van der Waals surface area (Å²) >= 11 is 1.56. The van der Waals surface area contributed by atoms with Crippen LogP contribution in [0.25, 0.3) is 0 Å². The molecule has 2 aliphatic heterocycles. The van der Waals surface area contributed by atoms with Crippen LogP contribution < -0.4 is 0 Å². The first-order valence-corrected chi connectivity index (χ1v) is 12.3. The predicted molar refractivity (Wildman–Crippen MR) is 122 cm³/mol. The number of carbonyl (C=O) groups is 1. The van der Waals surface area contributed by atoms with E-state index in [0.717, 1.165) is 42.8 Å². The van der Waals surface area contributed by atoms with Crippen molar-refractivity contribution in [2.24, 2.45) is 5.92 Å². The van der Waals surface area contributed by atoms with Gasteiger partial charge in [-0.3, -0.25) is 4.79 Å². The highest BCUT2D eigenvalue weighted by Crippen LogP contribution is 2.44. The standard InChI is InChI=1S/C24H32FN3O3S/c1-3-30-11-10-27(2)23(29)19(12-21-16-32-17-26-21)14-28-8-6-24(7-9-28)22-13-20(25)5-4-18(22)15-31-24/h4-5,13,16-17,19H,3,6-12,14-15H2,1-2H3. The predicted octanol–water partition coefficient (Wildman–Crippen LogP) is 3.46. The summed E-state index contributed by atoms with van der Waals surface area (Å²) in [7, 11) is 1.85. The van der Waals surface area contributed by atoms with Gasteiger partial charge in [-0.2, -0.15) is 0 Å². The maximum Gasteiger partial charge on any atom is 0.227 e. The van der Waals surface area contributed by atoms with Crippen LogP contribution in [-0.4, -0.2) is 67.1 Å². The van der Waals surface area contributed by atoms with Gasteiger partial charge in [-0.1, -0.05) is 6.07 Å². The minimum atomic E-state index is -0.392. The quantitative estimate of drug-likeness (QED) is 0.536. The van der Waals surface area contributed by atoms with E-state index in [2.05, 4.69) is 9.88 Å². The van der Waals surface area contributed by atoms with Crippen molar-refractivity contribution < 1.29 is 18.7 Å². The number of fused-ring (bicyclic) bond motifs is 2. The van der Waals surface area contributed by atoms with Gasteiger partial charge in [-0.15, -0.1) is 11.3 Å². The molecule has 2 aromatic rings. The van der Waals surface area contributed by atoms with Gasteiger partial charge in [0.1, 0.15) is 5.82 Å². The number of nitrogens with zero attached hydrogens (tertiary/aromatic N) is 3. The number of thiazole rings is 1. The Morgan fingerprint density at radius 2 is 2.22 bits per heavy atom. The lowest BCUT2D eigenvalue weighted by molar-refractivity contribution is -0.136. The number of carbonyl (C=O) groups excluding carboxylic acids is 1. The lowest BCUT2D eigenvalue weighted by atomic mass is 9.83. The number of likely N-dealkylation sites (N-methyl/N-ethyl adjacent to an activating group) is 1. The summed E-state index contributed by atoms with van der Waals surface area (Å²) in [5, 5.41) is 2.02. The number of likely N-dealkylation sites (tertiary alicyclic amines) is 1. The summed E-state index contributed by atoms with van der Waals surface area (Å²) < 4.78 is 25.5. The maximum absolute atomic E-state index is 13.9. The normalized spacial score (nSPS) is 18.6. The lowest BCUT2D eigenvalue weighted by Gasteiger charge is -2.40. The molecule has 0 N–H and O–H groups in total. The zero-order valence-electron chi connectivity index (χ0n) is 18.9. The molecule has 1 atom stereocenters. The van der Waals surface area contributed by atoms with Crippen molar-refractivity contribution in [3.05, 3.63) is 51.7 Å². The van der Waals surface area contributed by atoms with Crippen molar-refractivity contribution in [3.63, 3.8) is 0 Å². The fraction of sp³-hybridized carbons (Fsp3) is 0.583. The number of hydrogen-bond donors (Lipinski definition) is 0. The summed E-state index contributed by atoms with van der Waals surface area (Å²) in [6, 6.07) is 4.99. The maximum atomic E-state index is 13.9. The van der Waals surface area contributed by atoms with Crippen LogP contribution in [0.3, 0.4) is 0 Å². The Morgan fingerprint density at radius 1 is 1.41 bits per heavy atom. The van der Waals surface area contributed by atoms with E-state index in [1.807, 2.05) is 30.9 Å². The van der Waals surface area contributed by atoms with Crippen molar-refractivity contribution in [2.45, 2.75) is 38.4 Å². The lowest BCUT2D eigenvalue weighted by Crippen LogP contribution is -2.47. The van der Waals surface area contributed by atoms with E-state index >= 15 is 0 Å². The van der Waals surface area contributed by atoms with E-state index < -0.39 is 5.60 Å². The average molecular weight is 462 g/mol. The summed E-state index contributed by atoms with van der Waals surface area (Å²) in [6.07, 6.45) is 2.25. The number of ether oxygens (including phenoxy) is 2. The Kier molecular flexibility index (Phi) is 7.55. The molecule has 0 bridgehead atoms. The van der Waals surface area contributed by atoms with Crippen molar-refractivity contribution in [3.8, 4) is 0 Å². The first-order chi connectivity index (χ1) is 15.5. The molecule has 8 heteroatoms. The monoisotopic (exact) mass is 461 g/mol. The van der Waals surface area contributed by atoms with Gasteiger partial charge in [0.15, 0.2) is 0 Å². The van der Waals surface area contributed by atoms with Gasteiger partial charge in [0.2, 0.25) is 5.91 Å². The molecule has 1 unspecified atom stereocenters. The van der Waals surface area contributed by atoms with E-state index in [4.69, 9.17) is 9.47 Å². The SMILES string of the molecule is CCOCCN(C)C(=O)C(Cc1cscn1)CN1CCC2(CC1)OCc1ccc(F)cc12. The minimum Gasteiger partial charge on any atom is -0.380 e. The number of piperidine rings is 1. The van der Waals surface area contributed by atoms with Gasteiger partial charge in [-0.25, -0.2) is 9.37 Å². The average Bonchev–Trinajstić information content (AvgIpc) is 3.43. The molecule has 4 rings (SSSR count). The second kappa shape index (κ2) is 10.4. The van der Waals surface area contributed by atoms with Crippen molar-refractivity contribution >= 4 is 17.2 Å². The smallest absolute Gasteiger partial charge is 0.227 e. The number of rotatable bonds is 9. The van der Waals surface area contributed by atoms with Gasteiger partial charge in [0.25, 0.3) is 0 Å². The third-order valence-electron chi connectivity index (χ3n) is 6.65. The Balaban J connectivity index is 1.40. The van der Waals surface area contributed by atoms with Crippen LogP contribution in [0.1, 0.15) is 36.6 Å². The Hall–Kier alpha value is -1.87. The molecule has 1 amide bonds. The largest absolute Gasteiger partial charge is 0.380 e. The van der Waals surface area contributed by atoms with Gasteiger partial charge in [0.05, 0.1) is 35.9 Å². The van der Waals surface area contributed by atoms with Crippen LogP contribution in [0.5, 0.6) is 0 Å². The molecule has 174 valence electrons. The second-order valence-corrected chi connectivity index (χ2v) is 9.44. The second-order valence-electron chi connectivity index (χ2n) is 8.72. The molecule has 1 fully saturated rings. The molecule has 32 heavy (non-hydrogen) atoms. The third-order valence-corrected chi connectivity index (χ3v) is 7.28. The van der Waals surface area contributed by atoms with Gasteiger partial charge in [0, 0.05) is 51.6 Å². The Bertz CT molecular complexity index is 900. The molecule has 0 radical (unpaired) electrons. The summed E-state index contributed by atoms with van der Waals surface area (Å²) in [5.41, 5.74) is 4.48. The van der Waals surface area contributed by atoms with Gasteiger partial charge < -0.3 is 19.3 Å². The summed E-state index contributed by atoms with van der Waals surface area (Å²) in [5.74, 6) is -0.241. The van der Waals surface area contributed by atoms with Crippen LogP contribution >= 0.6 is 11.3 Å². The highest BCUT2D eigenvalue weighted by molar-refractivity contribution is 7.07. The molecule has 3 heterocycles. The van der Waals surface area contributed by atoms with Crippen molar-refractivity contribution in [1.29, 1.82) is 0 Å². The molecular formula is C24H32FN3O3S. The van der Waals surface area contributed by atoms with Crippen LogP contribution in [0, 0.1) is 11.7 Å². The molecular weight excluding hydrogens is 429 g/mol. The highest BCUT2D eigenvalue weighted by Gasteiger charge is 2.43. The molecule has 0 saturated carbocycles. The fourth-order valence-electron chi connectivity index (χ4n) is 4.80. The number of aromatic nitrogens is 1. The van der Waals surface area contributed by atoms with E-state index in [1.165, 1.54) is 6.07 Å². The van der Waals surface area contributed by atoms with E-state index in [-0.39, 0.29) is 17.6 Å². The van der Waals surface area contributed by atoms with Crippen molar-refractivity contribution in [1.82, 2.24) is 14.8 Å². The summed E-state index contributed by atoms with van der Waals surface area (Å²) in [6.45, 7) is 6.60. The number of halogens is 1. The first-order valence-electron chi connectivity index (χ1n) is 11.4. The molecule has 1 saturated heterocycles. The zero-order chi connectivity index (χ0) is 22.6. The molecule has 6 nitrogen and oxygen atoms in total. The van der Waals surface area contributed by atoms with E-state index in [1.54, 1.807) is 22.3 Å². The third kappa shape index (κ3) is 5.20. The Labute approximate surface area is 193 Å². The highest BCUT2D eigenvalue weighted by atomic mass is 32.1. The van der Waals surface area contributed by atoms with Crippen molar-refractivity contribution in [2.75, 3.05) is 46.4 Å². The molecule has 2 aliphatic rings. The first kappa shape index (κ1) is 23.3. The van der Waals surface area contributed by atoms with Crippen LogP contribution in [0.15, 0.2) is 29.1 Å². The van der Waals surface area contributed by atoms with Gasteiger partial charge in [-0.05, 0) is 43.0 Å². The fourth-order valence-corrected chi connectivity index (χ4v) is 5.37. The minimum absolute atomic E-state index is 0.127. The van der Waals surface area contributed by atoms with Crippen LogP contribution in [-0.2, 0) is 32.9 Å². The van der Waals surface area contributed by atoms with E-state index in [9.17, 15) is 9.18 Å². The van der Waals surface area contributed by atoms with E-state index in [0.29, 0.717) is 39.3 Å². The topological polar surface area (TPSA) is 54.9 Å². The number of hydrogen-bond acceptors (Lipinski definition) is 6. The molecule has 1 aromatic heterocycles. The Morgan fingerprint density at radius 3 is 2.94 bits per heavy atom. The molecule has 1 aromatic carbocycles. The zero-order valence-corrected chi connectivity index (χ0v) is 19.7. The summed E-state index contributed by atoms with van der Waals surface area (Å²) in [4.78, 5) is 21.8. The van der Waals surface area contributed by atoms with Crippen LogP contribution in [0.2, 0.25) is 0 Å². The number of benzene rings is 1. The van der Waals surface area contributed by atoms with Gasteiger partial charge >= 0.3 is 0 Å².